The van der Waals surface area contributed by atoms with Crippen LogP contribution in [0.25, 0.3) is 0 Å². The molecule has 1 aromatic carbocycles. The largest absolute Gasteiger partial charge is 0.494 e. The van der Waals surface area contributed by atoms with E-state index in [2.05, 4.69) is 47.1 Å². The highest BCUT2D eigenvalue weighted by Gasteiger charge is 2.07. The summed E-state index contributed by atoms with van der Waals surface area (Å²) in [6.07, 6.45) is 10.8. The third kappa shape index (κ3) is 7.33. The van der Waals surface area contributed by atoms with Crippen molar-refractivity contribution < 1.29 is 4.74 Å². The molecule has 20 heavy (non-hydrogen) atoms. The monoisotopic (exact) mass is 340 g/mol. The van der Waals surface area contributed by atoms with Crippen LogP contribution in [0.1, 0.15) is 75.6 Å². The van der Waals surface area contributed by atoms with Crippen LogP contribution >= 0.6 is 15.9 Å². The number of halogens is 1. The molecule has 2 heteroatoms. The van der Waals surface area contributed by atoms with Gasteiger partial charge in [-0.15, -0.1) is 0 Å². The highest BCUT2D eigenvalue weighted by atomic mass is 79.9. The highest BCUT2D eigenvalue weighted by molar-refractivity contribution is 9.09. The van der Waals surface area contributed by atoms with Crippen molar-refractivity contribution in [2.24, 2.45) is 0 Å². The van der Waals surface area contributed by atoms with Crippen molar-refractivity contribution in [3.63, 3.8) is 0 Å². The van der Waals surface area contributed by atoms with Crippen molar-refractivity contribution in [1.82, 2.24) is 0 Å². The van der Waals surface area contributed by atoms with Crippen molar-refractivity contribution in [2.45, 2.75) is 70.0 Å². The maximum absolute atomic E-state index is 5.47. The molecule has 1 nitrogen and oxygen atoms in total. The van der Waals surface area contributed by atoms with E-state index in [1.807, 2.05) is 6.92 Å². The molecule has 0 heterocycles. The van der Waals surface area contributed by atoms with Crippen molar-refractivity contribution in [3.8, 4) is 5.75 Å². The quantitative estimate of drug-likeness (QED) is 0.323. The van der Waals surface area contributed by atoms with Crippen molar-refractivity contribution in [3.05, 3.63) is 29.8 Å². The van der Waals surface area contributed by atoms with Gasteiger partial charge in [-0.05, 0) is 31.0 Å². The van der Waals surface area contributed by atoms with E-state index in [1.165, 1.54) is 56.9 Å². The minimum absolute atomic E-state index is 0.480. The van der Waals surface area contributed by atoms with E-state index in [-0.39, 0.29) is 0 Å². The molecular weight excluding hydrogens is 312 g/mol. The second-order valence-electron chi connectivity index (χ2n) is 5.38. The van der Waals surface area contributed by atoms with Gasteiger partial charge in [-0.3, -0.25) is 0 Å². The lowest BCUT2D eigenvalue weighted by atomic mass is 10.0. The minimum Gasteiger partial charge on any atom is -0.494 e. The van der Waals surface area contributed by atoms with Gasteiger partial charge in [0.1, 0.15) is 5.75 Å². The first-order valence-electron chi connectivity index (χ1n) is 8.14. The van der Waals surface area contributed by atoms with Crippen LogP contribution < -0.4 is 4.74 Å². The molecule has 0 saturated heterocycles. The fourth-order valence-electron chi connectivity index (χ4n) is 2.39. The van der Waals surface area contributed by atoms with Gasteiger partial charge in [0, 0.05) is 4.83 Å². The first-order valence-corrected chi connectivity index (χ1v) is 9.06. The fraction of sp³-hybridized carbons (Fsp3) is 0.667. The van der Waals surface area contributed by atoms with Crippen LogP contribution in [0.4, 0.5) is 0 Å². The van der Waals surface area contributed by atoms with Gasteiger partial charge in [0.05, 0.1) is 6.61 Å². The summed E-state index contributed by atoms with van der Waals surface area (Å²) in [6, 6.07) is 8.48. The molecule has 0 spiro atoms. The van der Waals surface area contributed by atoms with E-state index < -0.39 is 0 Å². The van der Waals surface area contributed by atoms with Crippen LogP contribution in [-0.4, -0.2) is 6.61 Å². The molecule has 0 N–H and O–H groups in total. The number of benzene rings is 1. The average molecular weight is 341 g/mol. The average Bonchev–Trinajstić information content (AvgIpc) is 2.47. The number of unbranched alkanes of at least 4 members (excludes halogenated alkanes) is 6. The Balaban J connectivity index is 2.17. The van der Waals surface area contributed by atoms with E-state index in [0.29, 0.717) is 4.83 Å². The molecule has 0 aliphatic heterocycles. The van der Waals surface area contributed by atoms with Crippen LogP contribution in [0.15, 0.2) is 24.3 Å². The van der Waals surface area contributed by atoms with Crippen LogP contribution in [0, 0.1) is 0 Å². The smallest absolute Gasteiger partial charge is 0.119 e. The zero-order valence-electron chi connectivity index (χ0n) is 13.0. The number of rotatable bonds is 11. The van der Waals surface area contributed by atoms with Gasteiger partial charge < -0.3 is 4.74 Å². The third-order valence-corrected chi connectivity index (χ3v) is 4.60. The van der Waals surface area contributed by atoms with Gasteiger partial charge in [-0.1, -0.05) is 79.9 Å². The summed E-state index contributed by atoms with van der Waals surface area (Å²) in [5.41, 5.74) is 1.36. The summed E-state index contributed by atoms with van der Waals surface area (Å²) in [6.45, 7) is 5.02. The Bertz CT molecular complexity index is 334. The lowest BCUT2D eigenvalue weighted by Crippen LogP contribution is -1.93. The number of alkyl halides is 1. The predicted octanol–water partition coefficient (Wildman–Crippen LogP) is 6.66. The Hall–Kier alpha value is -0.500. The first-order chi connectivity index (χ1) is 9.77. The Morgan fingerprint density at radius 1 is 0.900 bits per heavy atom. The van der Waals surface area contributed by atoms with Crippen LogP contribution in [-0.2, 0) is 0 Å². The van der Waals surface area contributed by atoms with E-state index in [0.717, 1.165) is 12.4 Å². The Labute approximate surface area is 133 Å². The number of ether oxygens (including phenoxy) is 1. The summed E-state index contributed by atoms with van der Waals surface area (Å²) in [7, 11) is 0. The molecule has 1 rings (SSSR count). The normalized spacial score (nSPS) is 12.3. The van der Waals surface area contributed by atoms with Gasteiger partial charge in [0.15, 0.2) is 0 Å². The molecule has 114 valence electrons. The van der Waals surface area contributed by atoms with Gasteiger partial charge in [-0.2, -0.15) is 0 Å². The lowest BCUT2D eigenvalue weighted by Gasteiger charge is -2.11. The molecule has 1 atom stereocenters. The number of hydrogen-bond acceptors (Lipinski definition) is 1. The van der Waals surface area contributed by atoms with Crippen LogP contribution in [0.5, 0.6) is 5.75 Å². The Kier molecular flexibility index (Phi) is 9.82. The van der Waals surface area contributed by atoms with Gasteiger partial charge in [0.25, 0.3) is 0 Å². The van der Waals surface area contributed by atoms with Gasteiger partial charge in [0.2, 0.25) is 0 Å². The van der Waals surface area contributed by atoms with E-state index in [1.54, 1.807) is 0 Å². The molecule has 0 saturated carbocycles. The minimum atomic E-state index is 0.480. The van der Waals surface area contributed by atoms with Crippen molar-refractivity contribution in [2.75, 3.05) is 6.61 Å². The molecule has 0 aliphatic carbocycles. The van der Waals surface area contributed by atoms with Crippen molar-refractivity contribution in [1.29, 1.82) is 0 Å². The standard InChI is InChI=1S/C18H29BrO/c1-3-5-6-7-8-9-10-11-18(19)16-12-14-17(15-13-16)20-4-2/h12-15,18H,3-11H2,1-2H3. The van der Waals surface area contributed by atoms with E-state index in [4.69, 9.17) is 4.74 Å². The second kappa shape index (κ2) is 11.2. The molecule has 1 unspecified atom stereocenters. The van der Waals surface area contributed by atoms with Crippen LogP contribution in [0.3, 0.4) is 0 Å². The summed E-state index contributed by atoms with van der Waals surface area (Å²) in [5, 5.41) is 0. The summed E-state index contributed by atoms with van der Waals surface area (Å²) >= 11 is 3.80. The Morgan fingerprint density at radius 3 is 2.10 bits per heavy atom. The predicted molar refractivity (Wildman–Crippen MR) is 91.9 cm³/mol. The number of hydrogen-bond donors (Lipinski definition) is 0. The maximum atomic E-state index is 5.47. The lowest BCUT2D eigenvalue weighted by molar-refractivity contribution is 0.340. The zero-order valence-corrected chi connectivity index (χ0v) is 14.6. The maximum Gasteiger partial charge on any atom is 0.119 e. The second-order valence-corrected chi connectivity index (χ2v) is 6.48. The highest BCUT2D eigenvalue weighted by Crippen LogP contribution is 2.30. The molecule has 0 radical (unpaired) electrons. The van der Waals surface area contributed by atoms with E-state index in [9.17, 15) is 0 Å². The summed E-state index contributed by atoms with van der Waals surface area (Å²) in [4.78, 5) is 0.480. The molecule has 0 bridgehead atoms. The molecule has 0 amide bonds. The molecule has 0 fully saturated rings. The van der Waals surface area contributed by atoms with E-state index >= 15 is 0 Å². The van der Waals surface area contributed by atoms with Gasteiger partial charge in [-0.25, -0.2) is 0 Å². The van der Waals surface area contributed by atoms with Crippen molar-refractivity contribution >= 4 is 15.9 Å². The SMILES string of the molecule is CCCCCCCCCC(Br)c1ccc(OCC)cc1. The van der Waals surface area contributed by atoms with Crippen LogP contribution in [0.2, 0.25) is 0 Å². The molecule has 1 aromatic rings. The zero-order chi connectivity index (χ0) is 14.6. The first kappa shape index (κ1) is 17.6. The molecule has 0 aliphatic rings. The Morgan fingerprint density at radius 2 is 1.50 bits per heavy atom. The van der Waals surface area contributed by atoms with Gasteiger partial charge >= 0.3 is 0 Å². The summed E-state index contributed by atoms with van der Waals surface area (Å²) < 4.78 is 5.47. The topological polar surface area (TPSA) is 9.23 Å². The molecule has 0 aromatic heterocycles. The fourth-order valence-corrected chi connectivity index (χ4v) is 3.02. The summed E-state index contributed by atoms with van der Waals surface area (Å²) in [5.74, 6) is 0.965. The molecular formula is C18H29BrO. The third-order valence-electron chi connectivity index (χ3n) is 3.61.